The molecule has 0 spiro atoms. The maximum Gasteiger partial charge on any atom is 0.416 e. The number of nitrogens with zero attached hydrogens (tertiary/aromatic N) is 2. The second-order valence-corrected chi connectivity index (χ2v) is 4.95. The molecule has 0 amide bonds. The van der Waals surface area contributed by atoms with Gasteiger partial charge in [-0.3, -0.25) is 9.80 Å². The van der Waals surface area contributed by atoms with Crippen molar-refractivity contribution in [2.45, 2.75) is 12.7 Å². The topological polar surface area (TPSA) is 6.48 Å². The monoisotopic (exact) mass is 282 g/mol. The standard InChI is InChI=1S/C15H17F3N2/c1-2-7-19-8-10-20(11-9-19)12-13-3-5-14(6-4-13)15(16,17)18/h1,3-6H,7-12H2. The number of piperazine rings is 1. The van der Waals surface area contributed by atoms with Gasteiger partial charge in [0.1, 0.15) is 0 Å². The third-order valence-electron chi connectivity index (χ3n) is 3.47. The number of alkyl halides is 3. The molecule has 0 unspecified atom stereocenters. The largest absolute Gasteiger partial charge is 0.416 e. The van der Waals surface area contributed by atoms with E-state index in [1.165, 1.54) is 0 Å². The van der Waals surface area contributed by atoms with Crippen LogP contribution in [0.2, 0.25) is 0 Å². The third kappa shape index (κ3) is 3.99. The second kappa shape index (κ2) is 6.29. The van der Waals surface area contributed by atoms with E-state index in [9.17, 15) is 13.2 Å². The fraction of sp³-hybridized carbons (Fsp3) is 0.467. The van der Waals surface area contributed by atoms with E-state index in [2.05, 4.69) is 15.7 Å². The lowest BCUT2D eigenvalue weighted by Crippen LogP contribution is -2.45. The van der Waals surface area contributed by atoms with E-state index in [1.54, 1.807) is 12.1 Å². The Bertz CT molecular complexity index is 465. The van der Waals surface area contributed by atoms with Gasteiger partial charge in [-0.2, -0.15) is 13.2 Å². The summed E-state index contributed by atoms with van der Waals surface area (Å²) in [7, 11) is 0. The van der Waals surface area contributed by atoms with Gasteiger partial charge in [-0.05, 0) is 17.7 Å². The normalized spacial score (nSPS) is 17.9. The quantitative estimate of drug-likeness (QED) is 0.786. The first-order chi connectivity index (χ1) is 9.49. The maximum atomic E-state index is 12.5. The van der Waals surface area contributed by atoms with Crippen molar-refractivity contribution in [3.05, 3.63) is 35.4 Å². The zero-order chi connectivity index (χ0) is 14.6. The van der Waals surface area contributed by atoms with Crippen molar-refractivity contribution in [3.8, 4) is 12.3 Å². The lowest BCUT2D eigenvalue weighted by molar-refractivity contribution is -0.137. The molecule has 0 N–H and O–H groups in total. The van der Waals surface area contributed by atoms with E-state index in [4.69, 9.17) is 6.42 Å². The molecule has 108 valence electrons. The molecule has 20 heavy (non-hydrogen) atoms. The number of benzene rings is 1. The van der Waals surface area contributed by atoms with Crippen molar-refractivity contribution in [1.29, 1.82) is 0 Å². The summed E-state index contributed by atoms with van der Waals surface area (Å²) in [5.74, 6) is 2.62. The highest BCUT2D eigenvalue weighted by molar-refractivity contribution is 5.24. The molecule has 0 bridgehead atoms. The Balaban J connectivity index is 1.87. The van der Waals surface area contributed by atoms with Crippen LogP contribution in [-0.4, -0.2) is 42.5 Å². The van der Waals surface area contributed by atoms with Crippen LogP contribution in [0.5, 0.6) is 0 Å². The second-order valence-electron chi connectivity index (χ2n) is 4.95. The third-order valence-corrected chi connectivity index (χ3v) is 3.47. The summed E-state index contributed by atoms with van der Waals surface area (Å²) in [5.41, 5.74) is 0.309. The fourth-order valence-electron chi connectivity index (χ4n) is 2.29. The van der Waals surface area contributed by atoms with E-state index in [-0.39, 0.29) is 0 Å². The Morgan fingerprint density at radius 2 is 1.55 bits per heavy atom. The van der Waals surface area contributed by atoms with Crippen LogP contribution in [0, 0.1) is 12.3 Å². The summed E-state index contributed by atoms with van der Waals surface area (Å²) < 4.78 is 37.4. The van der Waals surface area contributed by atoms with Crippen molar-refractivity contribution in [1.82, 2.24) is 9.80 Å². The number of hydrogen-bond acceptors (Lipinski definition) is 2. The van der Waals surface area contributed by atoms with Gasteiger partial charge >= 0.3 is 6.18 Å². The first-order valence-corrected chi connectivity index (χ1v) is 6.53. The van der Waals surface area contributed by atoms with E-state index in [0.29, 0.717) is 13.1 Å². The molecule has 1 saturated heterocycles. The van der Waals surface area contributed by atoms with Crippen LogP contribution in [0.15, 0.2) is 24.3 Å². The van der Waals surface area contributed by atoms with Crippen LogP contribution in [0.25, 0.3) is 0 Å². The van der Waals surface area contributed by atoms with Crippen LogP contribution in [0.3, 0.4) is 0 Å². The molecule has 0 aliphatic carbocycles. The number of hydrogen-bond donors (Lipinski definition) is 0. The number of terminal acetylenes is 1. The lowest BCUT2D eigenvalue weighted by atomic mass is 10.1. The molecule has 1 heterocycles. The van der Waals surface area contributed by atoms with Gasteiger partial charge in [0.15, 0.2) is 0 Å². The Hall–Kier alpha value is -1.51. The Morgan fingerprint density at radius 3 is 2.05 bits per heavy atom. The maximum absolute atomic E-state index is 12.5. The SMILES string of the molecule is C#CCN1CCN(Cc2ccc(C(F)(F)F)cc2)CC1. The van der Waals surface area contributed by atoms with E-state index in [0.717, 1.165) is 43.9 Å². The zero-order valence-electron chi connectivity index (χ0n) is 11.2. The van der Waals surface area contributed by atoms with E-state index >= 15 is 0 Å². The van der Waals surface area contributed by atoms with Gasteiger partial charge in [-0.15, -0.1) is 6.42 Å². The fourth-order valence-corrected chi connectivity index (χ4v) is 2.29. The Morgan fingerprint density at radius 1 is 1.00 bits per heavy atom. The predicted octanol–water partition coefficient (Wildman–Crippen LogP) is 2.46. The average molecular weight is 282 g/mol. The van der Waals surface area contributed by atoms with Crippen LogP contribution in [0.1, 0.15) is 11.1 Å². The van der Waals surface area contributed by atoms with Gasteiger partial charge in [0.05, 0.1) is 12.1 Å². The van der Waals surface area contributed by atoms with Crippen LogP contribution in [0.4, 0.5) is 13.2 Å². The summed E-state index contributed by atoms with van der Waals surface area (Å²) in [6, 6.07) is 5.39. The summed E-state index contributed by atoms with van der Waals surface area (Å²) in [6.07, 6.45) is 1.01. The van der Waals surface area contributed by atoms with Crippen molar-refractivity contribution < 1.29 is 13.2 Å². The molecule has 1 aromatic rings. The first kappa shape index (κ1) is 14.9. The van der Waals surface area contributed by atoms with Crippen molar-refractivity contribution in [2.75, 3.05) is 32.7 Å². The number of halogens is 3. The van der Waals surface area contributed by atoms with Gasteiger partial charge in [0.25, 0.3) is 0 Å². The predicted molar refractivity (Wildman–Crippen MR) is 72.0 cm³/mol. The molecule has 0 saturated carbocycles. The van der Waals surface area contributed by atoms with Crippen molar-refractivity contribution in [3.63, 3.8) is 0 Å². The van der Waals surface area contributed by atoms with Gasteiger partial charge < -0.3 is 0 Å². The Kier molecular flexibility index (Phi) is 4.69. The molecule has 1 fully saturated rings. The molecule has 0 atom stereocenters. The summed E-state index contributed by atoms with van der Waals surface area (Å²) in [4.78, 5) is 4.43. The summed E-state index contributed by atoms with van der Waals surface area (Å²) in [5, 5.41) is 0. The van der Waals surface area contributed by atoms with Gasteiger partial charge in [-0.1, -0.05) is 18.1 Å². The van der Waals surface area contributed by atoms with E-state index in [1.807, 2.05) is 0 Å². The van der Waals surface area contributed by atoms with Crippen LogP contribution < -0.4 is 0 Å². The molecular weight excluding hydrogens is 265 g/mol. The minimum atomic E-state index is -4.26. The smallest absolute Gasteiger partial charge is 0.297 e. The lowest BCUT2D eigenvalue weighted by Gasteiger charge is -2.33. The molecule has 2 rings (SSSR count). The highest BCUT2D eigenvalue weighted by Crippen LogP contribution is 2.29. The highest BCUT2D eigenvalue weighted by Gasteiger charge is 2.30. The minimum absolute atomic E-state index is 0.597. The highest BCUT2D eigenvalue weighted by atomic mass is 19.4. The molecule has 1 aliphatic rings. The van der Waals surface area contributed by atoms with Crippen molar-refractivity contribution >= 4 is 0 Å². The minimum Gasteiger partial charge on any atom is -0.297 e. The molecule has 1 aromatic carbocycles. The van der Waals surface area contributed by atoms with Crippen LogP contribution >= 0.6 is 0 Å². The summed E-state index contributed by atoms with van der Waals surface area (Å²) in [6.45, 7) is 4.94. The molecule has 0 radical (unpaired) electrons. The molecule has 2 nitrogen and oxygen atoms in total. The molecule has 5 heteroatoms. The van der Waals surface area contributed by atoms with Gasteiger partial charge in [0, 0.05) is 32.7 Å². The average Bonchev–Trinajstić information content (AvgIpc) is 2.41. The summed E-state index contributed by atoms with van der Waals surface area (Å²) >= 11 is 0. The van der Waals surface area contributed by atoms with Gasteiger partial charge in [0.2, 0.25) is 0 Å². The molecule has 0 aromatic heterocycles. The number of rotatable bonds is 3. The van der Waals surface area contributed by atoms with E-state index < -0.39 is 11.7 Å². The van der Waals surface area contributed by atoms with Crippen LogP contribution in [-0.2, 0) is 12.7 Å². The zero-order valence-corrected chi connectivity index (χ0v) is 11.2. The Labute approximate surface area is 117 Å². The molecular formula is C15H17F3N2. The van der Waals surface area contributed by atoms with Gasteiger partial charge in [-0.25, -0.2) is 0 Å². The molecule has 1 aliphatic heterocycles. The van der Waals surface area contributed by atoms with Crippen molar-refractivity contribution in [2.24, 2.45) is 0 Å². The first-order valence-electron chi connectivity index (χ1n) is 6.53.